The first kappa shape index (κ1) is 11.3. The van der Waals surface area contributed by atoms with Crippen molar-refractivity contribution in [3.05, 3.63) is 55.5 Å². The summed E-state index contributed by atoms with van der Waals surface area (Å²) in [6.45, 7) is 0. The van der Waals surface area contributed by atoms with Crippen molar-refractivity contribution in [3.8, 4) is 22.3 Å². The van der Waals surface area contributed by atoms with Gasteiger partial charge in [0.15, 0.2) is 0 Å². The molecule has 3 rings (SSSR count). The van der Waals surface area contributed by atoms with Gasteiger partial charge in [0.05, 0.1) is 0 Å². The molecule has 0 unspecified atom stereocenters. The van der Waals surface area contributed by atoms with Crippen molar-refractivity contribution in [2.75, 3.05) is 5.73 Å². The van der Waals surface area contributed by atoms with Crippen LogP contribution in [0.3, 0.4) is 0 Å². The molecular formula is C14H11N5. The summed E-state index contributed by atoms with van der Waals surface area (Å²) in [5.41, 5.74) is 9.62. The second-order valence-corrected chi connectivity index (χ2v) is 4.02. The van der Waals surface area contributed by atoms with Crippen LogP contribution < -0.4 is 5.73 Å². The summed E-state index contributed by atoms with van der Waals surface area (Å²) in [6.07, 6.45) is 10.2. The van der Waals surface area contributed by atoms with Gasteiger partial charge >= 0.3 is 0 Å². The summed E-state index contributed by atoms with van der Waals surface area (Å²) >= 11 is 0. The molecular weight excluding hydrogens is 238 g/mol. The minimum atomic E-state index is 0.465. The molecule has 0 bridgehead atoms. The lowest BCUT2D eigenvalue weighted by atomic mass is 10.0. The number of nitrogens with zero attached hydrogens (tertiary/aromatic N) is 4. The molecule has 19 heavy (non-hydrogen) atoms. The van der Waals surface area contributed by atoms with Gasteiger partial charge in [-0.15, -0.1) is 0 Å². The van der Waals surface area contributed by atoms with Gasteiger partial charge in [-0.25, -0.2) is 15.0 Å². The number of nitrogen functional groups attached to an aromatic ring is 1. The van der Waals surface area contributed by atoms with Crippen LogP contribution in [0.2, 0.25) is 0 Å². The third-order valence-corrected chi connectivity index (χ3v) is 2.80. The van der Waals surface area contributed by atoms with Crippen LogP contribution in [0.25, 0.3) is 22.3 Å². The molecule has 5 heteroatoms. The van der Waals surface area contributed by atoms with Gasteiger partial charge in [-0.3, -0.25) is 4.98 Å². The van der Waals surface area contributed by atoms with Crippen LogP contribution in [0.15, 0.2) is 55.5 Å². The van der Waals surface area contributed by atoms with Crippen molar-refractivity contribution in [2.45, 2.75) is 0 Å². The van der Waals surface area contributed by atoms with E-state index in [0.29, 0.717) is 5.82 Å². The highest BCUT2D eigenvalue weighted by molar-refractivity contribution is 5.78. The van der Waals surface area contributed by atoms with Gasteiger partial charge < -0.3 is 5.73 Å². The number of nitrogens with two attached hydrogens (primary N) is 1. The van der Waals surface area contributed by atoms with Gasteiger partial charge in [0.1, 0.15) is 12.1 Å². The lowest BCUT2D eigenvalue weighted by Gasteiger charge is -2.07. The fourth-order valence-electron chi connectivity index (χ4n) is 1.85. The van der Waals surface area contributed by atoms with E-state index < -0.39 is 0 Å². The molecule has 0 aliphatic carbocycles. The average Bonchev–Trinajstić information content (AvgIpc) is 2.49. The van der Waals surface area contributed by atoms with Crippen LogP contribution in [-0.4, -0.2) is 19.9 Å². The normalized spacial score (nSPS) is 10.3. The quantitative estimate of drug-likeness (QED) is 0.753. The Morgan fingerprint density at radius 3 is 2.26 bits per heavy atom. The van der Waals surface area contributed by atoms with Crippen molar-refractivity contribution in [3.63, 3.8) is 0 Å². The molecule has 0 saturated heterocycles. The molecule has 0 aliphatic heterocycles. The number of aromatic nitrogens is 4. The summed E-state index contributed by atoms with van der Waals surface area (Å²) < 4.78 is 0. The summed E-state index contributed by atoms with van der Waals surface area (Å²) in [4.78, 5) is 16.2. The molecule has 3 heterocycles. The average molecular weight is 249 g/mol. The maximum Gasteiger partial charge on any atom is 0.131 e. The maximum atomic E-state index is 5.92. The molecule has 0 spiro atoms. The van der Waals surface area contributed by atoms with Crippen LogP contribution in [0.5, 0.6) is 0 Å². The first-order valence-corrected chi connectivity index (χ1v) is 5.76. The number of rotatable bonds is 2. The van der Waals surface area contributed by atoms with Crippen LogP contribution >= 0.6 is 0 Å². The van der Waals surface area contributed by atoms with Gasteiger partial charge in [0, 0.05) is 47.7 Å². The molecule has 3 aromatic rings. The predicted octanol–water partition coefficient (Wildman–Crippen LogP) is 2.18. The highest BCUT2D eigenvalue weighted by Gasteiger charge is 2.07. The van der Waals surface area contributed by atoms with Gasteiger partial charge in [0.25, 0.3) is 0 Å². The minimum absolute atomic E-state index is 0.465. The van der Waals surface area contributed by atoms with Crippen LogP contribution in [-0.2, 0) is 0 Å². The van der Waals surface area contributed by atoms with Crippen molar-refractivity contribution in [1.29, 1.82) is 0 Å². The topological polar surface area (TPSA) is 77.6 Å². The van der Waals surface area contributed by atoms with E-state index in [2.05, 4.69) is 19.9 Å². The largest absolute Gasteiger partial charge is 0.383 e. The molecule has 0 atom stereocenters. The van der Waals surface area contributed by atoms with Crippen molar-refractivity contribution < 1.29 is 0 Å². The SMILES string of the molecule is Nc1ncc(-c2ccncc2)cc1-c1cncnc1. The van der Waals surface area contributed by atoms with Gasteiger partial charge in [-0.1, -0.05) is 0 Å². The summed E-state index contributed by atoms with van der Waals surface area (Å²) in [5, 5.41) is 0. The smallest absolute Gasteiger partial charge is 0.131 e. The Hall–Kier alpha value is -2.82. The van der Waals surface area contributed by atoms with Crippen LogP contribution in [0, 0.1) is 0 Å². The zero-order valence-corrected chi connectivity index (χ0v) is 10.1. The molecule has 2 N–H and O–H groups in total. The van der Waals surface area contributed by atoms with Crippen molar-refractivity contribution in [2.24, 2.45) is 0 Å². The van der Waals surface area contributed by atoms with Gasteiger partial charge in [-0.2, -0.15) is 0 Å². The van der Waals surface area contributed by atoms with E-state index in [-0.39, 0.29) is 0 Å². The summed E-state index contributed by atoms with van der Waals surface area (Å²) in [6, 6.07) is 5.84. The molecule has 0 aliphatic rings. The van der Waals surface area contributed by atoms with Crippen LogP contribution in [0.4, 0.5) is 5.82 Å². The Balaban J connectivity index is 2.12. The zero-order chi connectivity index (χ0) is 13.1. The maximum absolute atomic E-state index is 5.92. The Bertz CT molecular complexity index is 683. The fourth-order valence-corrected chi connectivity index (χ4v) is 1.85. The van der Waals surface area contributed by atoms with E-state index in [1.807, 2.05) is 18.2 Å². The lowest BCUT2D eigenvalue weighted by Crippen LogP contribution is -1.95. The highest BCUT2D eigenvalue weighted by atomic mass is 14.8. The minimum Gasteiger partial charge on any atom is -0.383 e. The van der Waals surface area contributed by atoms with Crippen molar-refractivity contribution >= 4 is 5.82 Å². The number of pyridine rings is 2. The van der Waals surface area contributed by atoms with Gasteiger partial charge in [-0.05, 0) is 23.8 Å². The van der Waals surface area contributed by atoms with Crippen molar-refractivity contribution in [1.82, 2.24) is 19.9 Å². The number of hydrogen-bond donors (Lipinski definition) is 1. The first-order valence-electron chi connectivity index (χ1n) is 5.76. The Kier molecular flexibility index (Phi) is 2.86. The fraction of sp³-hybridized carbons (Fsp3) is 0. The van der Waals surface area contributed by atoms with E-state index in [1.54, 1.807) is 31.0 Å². The number of hydrogen-bond acceptors (Lipinski definition) is 5. The number of anilines is 1. The molecule has 0 saturated carbocycles. The Labute approximate surface area is 110 Å². The second-order valence-electron chi connectivity index (χ2n) is 4.02. The molecule has 0 amide bonds. The predicted molar refractivity (Wildman–Crippen MR) is 72.9 cm³/mol. The molecule has 92 valence electrons. The molecule has 0 aromatic carbocycles. The highest BCUT2D eigenvalue weighted by Crippen LogP contribution is 2.28. The molecule has 5 nitrogen and oxygen atoms in total. The molecule has 0 radical (unpaired) electrons. The summed E-state index contributed by atoms with van der Waals surface area (Å²) in [7, 11) is 0. The second kappa shape index (κ2) is 4.81. The third kappa shape index (κ3) is 2.26. The van der Waals surface area contributed by atoms with E-state index in [4.69, 9.17) is 5.73 Å². The third-order valence-electron chi connectivity index (χ3n) is 2.80. The zero-order valence-electron chi connectivity index (χ0n) is 10.1. The van der Waals surface area contributed by atoms with E-state index in [0.717, 1.165) is 22.3 Å². The Morgan fingerprint density at radius 2 is 1.53 bits per heavy atom. The van der Waals surface area contributed by atoms with E-state index in [1.165, 1.54) is 6.33 Å². The standard InChI is InChI=1S/C14H11N5/c15-14-13(12-6-17-9-18-7-12)5-11(8-19-14)10-1-3-16-4-2-10/h1-9H,(H2,15,19). The van der Waals surface area contributed by atoms with Gasteiger partial charge in [0.2, 0.25) is 0 Å². The van der Waals surface area contributed by atoms with E-state index >= 15 is 0 Å². The monoisotopic (exact) mass is 249 g/mol. The molecule has 3 aromatic heterocycles. The van der Waals surface area contributed by atoms with Crippen LogP contribution in [0.1, 0.15) is 0 Å². The summed E-state index contributed by atoms with van der Waals surface area (Å²) in [5.74, 6) is 0.465. The Morgan fingerprint density at radius 1 is 0.789 bits per heavy atom. The van der Waals surface area contributed by atoms with E-state index in [9.17, 15) is 0 Å². The lowest BCUT2D eigenvalue weighted by molar-refractivity contribution is 1.17. The molecule has 0 fully saturated rings. The first-order chi connectivity index (χ1) is 9.34.